The van der Waals surface area contributed by atoms with Gasteiger partial charge in [0.05, 0.1) is 72.1 Å². The summed E-state index contributed by atoms with van der Waals surface area (Å²) in [5, 5.41) is 0.714. The summed E-state index contributed by atoms with van der Waals surface area (Å²) in [4.78, 5) is 63.8. The molecular formula is C110H79BrClFI12O12S4+4. The lowest BCUT2D eigenvalue weighted by Gasteiger charge is -2.22. The predicted octanol–water partition coefficient (Wildman–Crippen LogP) is 33.9. The van der Waals surface area contributed by atoms with Crippen molar-refractivity contribution in [3.8, 4) is 46.0 Å². The molecule has 1 saturated carbocycles. The van der Waals surface area contributed by atoms with E-state index in [0.29, 0.717) is 56.9 Å². The molecule has 17 rings (SSSR count). The van der Waals surface area contributed by atoms with E-state index in [1.165, 1.54) is 89.0 Å². The molecule has 0 aromatic heterocycles. The Morgan fingerprint density at radius 1 is 0.270 bits per heavy atom. The van der Waals surface area contributed by atoms with Crippen LogP contribution in [0.5, 0.6) is 46.0 Å². The van der Waals surface area contributed by atoms with E-state index in [9.17, 15) is 23.6 Å². The Hall–Kier alpha value is -4.54. The van der Waals surface area contributed by atoms with Crippen molar-refractivity contribution in [2.45, 2.75) is 96.8 Å². The van der Waals surface area contributed by atoms with Crippen molar-refractivity contribution >= 4 is 366 Å². The molecule has 1 aliphatic carbocycles. The molecule has 0 radical (unpaired) electrons. The molecule has 0 bridgehead atoms. The van der Waals surface area contributed by atoms with Crippen LogP contribution in [0.1, 0.15) is 43.6 Å². The number of hydrogen-bond acceptors (Lipinski definition) is 12. The Morgan fingerprint density at radius 2 is 0.468 bits per heavy atom. The van der Waals surface area contributed by atoms with Crippen LogP contribution in [0.2, 0.25) is 5.02 Å². The second-order valence-electron chi connectivity index (χ2n) is 30.5. The van der Waals surface area contributed by atoms with Crippen LogP contribution in [0.3, 0.4) is 0 Å². The lowest BCUT2D eigenvalue weighted by Crippen LogP contribution is -2.18. The highest BCUT2D eigenvalue weighted by Gasteiger charge is 2.35. The first kappa shape index (κ1) is 112. The molecule has 0 aliphatic heterocycles. The maximum atomic E-state index is 13.5. The molecule has 0 heterocycles. The van der Waals surface area contributed by atoms with E-state index in [1.54, 1.807) is 0 Å². The number of benzene rings is 16. The van der Waals surface area contributed by atoms with E-state index >= 15 is 0 Å². The maximum Gasteiger partial charge on any atom is 0.349 e. The lowest BCUT2D eigenvalue weighted by molar-refractivity contribution is -0.137. The summed E-state index contributed by atoms with van der Waals surface area (Å²) >= 11 is 36.0. The normalized spacial score (nSPS) is 12.4. The molecule has 12 nitrogen and oxygen atoms in total. The van der Waals surface area contributed by atoms with Crippen LogP contribution < -0.4 is 37.9 Å². The summed E-state index contributed by atoms with van der Waals surface area (Å²) in [5.41, 5.74) is 1.47. The number of rotatable bonds is 29. The molecule has 1 fully saturated rings. The van der Waals surface area contributed by atoms with Gasteiger partial charge >= 0.3 is 23.9 Å². The third-order valence-electron chi connectivity index (χ3n) is 20.6. The van der Waals surface area contributed by atoms with E-state index in [4.69, 9.17) is 49.5 Å². The number of ether oxygens (including phenoxy) is 8. The van der Waals surface area contributed by atoms with Crippen molar-refractivity contribution in [2.24, 2.45) is 0 Å². The Balaban J connectivity index is 0.000000150. The minimum Gasteiger partial charge on any atom is -0.482 e. The van der Waals surface area contributed by atoms with Crippen molar-refractivity contribution in [3.63, 3.8) is 0 Å². The Bertz CT molecular complexity index is 6350. The van der Waals surface area contributed by atoms with Crippen LogP contribution in [-0.2, 0) is 62.8 Å². The van der Waals surface area contributed by atoms with Crippen molar-refractivity contribution in [3.05, 3.63) is 428 Å². The summed E-state index contributed by atoms with van der Waals surface area (Å²) in [5.74, 6) is 3.43. The molecule has 0 amide bonds. The molecule has 0 N–H and O–H groups in total. The van der Waals surface area contributed by atoms with Gasteiger partial charge in [0.25, 0.3) is 0 Å². The predicted molar refractivity (Wildman–Crippen MR) is 667 cm³/mol. The van der Waals surface area contributed by atoms with Crippen LogP contribution in [0.15, 0.2) is 427 Å². The Kier molecular flexibility index (Phi) is 45.2. The van der Waals surface area contributed by atoms with Gasteiger partial charge in [0, 0.05) is 23.8 Å². The Morgan fingerprint density at radius 3 is 0.702 bits per heavy atom. The van der Waals surface area contributed by atoms with Crippen LogP contribution in [-0.4, -0.2) is 50.3 Å². The summed E-state index contributed by atoms with van der Waals surface area (Å²) in [7, 11) is -1.16. The van der Waals surface area contributed by atoms with Crippen LogP contribution in [0, 0.1) is 48.7 Å². The highest BCUT2D eigenvalue weighted by Crippen LogP contribution is 2.42. The molecule has 4 unspecified atom stereocenters. The molecule has 16 aromatic rings. The van der Waals surface area contributed by atoms with E-state index in [1.807, 2.05) is 188 Å². The average Bonchev–Trinajstić information content (AvgIpc) is 0.814. The SMILES string of the molecule is O=C(COc1ccc([S+](c2ccccc2)c2ccc(Br)cc2)cc1)Oc1c(I)cc(I)cc1I.O=C(COc1ccc([S+](c2ccccc2)c2ccc(C3CCCCC3)cc2)cc1)Oc1c(I)cc(I)cc1I.O=C(COc1ccc([S+](c2ccccc2)c2ccc(Cl)cc2)cc1)Oc1c(I)cc(I)cc1I.O=C(COc1ccc([S+](c2ccccc2)c2ccc(F)cc2)cc1)Oc1c(I)cc(I)cc1I. The van der Waals surface area contributed by atoms with E-state index in [0.717, 1.165) is 66.9 Å². The highest BCUT2D eigenvalue weighted by molar-refractivity contribution is 14.1. The number of carbonyl (C=O) groups excluding carboxylic acids is 4. The van der Waals surface area contributed by atoms with Gasteiger partial charge in [-0.1, -0.05) is 132 Å². The first-order chi connectivity index (χ1) is 68.2. The minimum atomic E-state index is -0.462. The molecule has 1 aliphatic rings. The molecule has 16 aromatic carbocycles. The number of halogens is 15. The van der Waals surface area contributed by atoms with Gasteiger partial charge in [-0.3, -0.25) is 0 Å². The van der Waals surface area contributed by atoms with Crippen LogP contribution in [0.25, 0.3) is 0 Å². The smallest absolute Gasteiger partial charge is 0.349 e. The fourth-order valence-electron chi connectivity index (χ4n) is 14.2. The molecule has 716 valence electrons. The summed E-state index contributed by atoms with van der Waals surface area (Å²) < 4.78 is 71.2. The van der Waals surface area contributed by atoms with E-state index in [2.05, 4.69) is 451 Å². The van der Waals surface area contributed by atoms with Gasteiger partial charge in [-0.15, -0.1) is 0 Å². The summed E-state index contributed by atoms with van der Waals surface area (Å²) in [6.45, 7) is -0.669. The van der Waals surface area contributed by atoms with Crippen molar-refractivity contribution < 1.29 is 61.5 Å². The third kappa shape index (κ3) is 33.7. The van der Waals surface area contributed by atoms with Gasteiger partial charge in [-0.2, -0.15) is 0 Å². The van der Waals surface area contributed by atoms with Gasteiger partial charge < -0.3 is 37.9 Å². The monoisotopic (exact) mass is 3380 g/mol. The average molecular weight is 3380 g/mol. The number of esters is 4. The zero-order chi connectivity index (χ0) is 99.4. The first-order valence-corrected chi connectivity index (χ1v) is 62.1. The molecular weight excluding hydrogens is 3300 g/mol. The summed E-state index contributed by atoms with van der Waals surface area (Å²) in [6.07, 6.45) is 6.68. The highest BCUT2D eigenvalue weighted by atomic mass is 127. The zero-order valence-electron chi connectivity index (χ0n) is 73.8. The summed E-state index contributed by atoms with van der Waals surface area (Å²) in [6, 6.07) is 121. The van der Waals surface area contributed by atoms with Crippen molar-refractivity contribution in [1.82, 2.24) is 0 Å². The standard InChI is InChI=1S/C32H28I3O3S.C26H17BrI3O3S.C26H17ClI3O3S.C26H17FI3O3S/c33-24-19-29(34)32(30(35)20-24)38-31(36)21-37-25-13-17-28(18-14-25)39(26-9-5-2-6-10-26)27-15-11-23(12-16-27)22-7-3-1-4-8-22;3*27-17-6-10-21(11-7-17)34(20-4-2-1-3-5-20)22-12-8-19(9-13-22)32-16-25(31)33-26-23(29)14-18(28)15-24(26)30/h2,5-6,9-20,22H,1,3-4,7-8,21H2;3*1-15H,16H2/q4*+1. The largest absolute Gasteiger partial charge is 0.482 e. The van der Waals surface area contributed by atoms with Crippen molar-refractivity contribution in [2.75, 3.05) is 26.4 Å². The van der Waals surface area contributed by atoms with Gasteiger partial charge in [0.15, 0.2) is 108 Å². The maximum absolute atomic E-state index is 13.5. The third-order valence-corrected chi connectivity index (χ3v) is 39.2. The van der Waals surface area contributed by atoms with E-state index < -0.39 is 34.8 Å². The molecule has 4 atom stereocenters. The Labute approximate surface area is 1010 Å². The zero-order valence-corrected chi connectivity index (χ0v) is 105. The molecule has 31 heteroatoms. The fourth-order valence-corrected chi connectivity index (χ4v) is 38.1. The van der Waals surface area contributed by atoms with Gasteiger partial charge in [0.2, 0.25) is 0 Å². The second kappa shape index (κ2) is 56.9. The van der Waals surface area contributed by atoms with Crippen LogP contribution in [0.4, 0.5) is 4.39 Å². The molecule has 0 spiro atoms. The van der Waals surface area contributed by atoms with Gasteiger partial charge in [-0.25, -0.2) is 23.6 Å². The second-order valence-corrected chi connectivity index (χ2v) is 54.2. The topological polar surface area (TPSA) is 142 Å². The minimum absolute atomic E-state index is 0.148. The number of carbonyl (C=O) groups is 4. The number of hydrogen-bond donors (Lipinski definition) is 0. The van der Waals surface area contributed by atoms with E-state index in [-0.39, 0.29) is 64.9 Å². The molecule has 0 saturated heterocycles. The quantitative estimate of drug-likeness (QED) is 0.0191. The van der Waals surface area contributed by atoms with Crippen molar-refractivity contribution in [1.29, 1.82) is 0 Å². The van der Waals surface area contributed by atoms with Gasteiger partial charge in [-0.05, 0) is 574 Å². The van der Waals surface area contributed by atoms with Gasteiger partial charge in [0.1, 0.15) is 28.8 Å². The van der Waals surface area contributed by atoms with Crippen LogP contribution >= 0.6 is 299 Å². The molecule has 141 heavy (non-hydrogen) atoms. The first-order valence-electron chi connectivity index (χ1n) is 43.1. The fraction of sp³-hybridized carbons (Fsp3) is 0.0909. The lowest BCUT2D eigenvalue weighted by atomic mass is 9.84.